The van der Waals surface area contributed by atoms with Gasteiger partial charge in [0.15, 0.2) is 0 Å². The zero-order valence-corrected chi connectivity index (χ0v) is 10.1. The minimum absolute atomic E-state index is 0.116. The second-order valence-corrected chi connectivity index (χ2v) is 4.10. The third-order valence-corrected chi connectivity index (χ3v) is 2.82. The Kier molecular flexibility index (Phi) is 4.83. The number of aliphatic hydroxyl groups is 1. The first-order valence-electron chi connectivity index (χ1n) is 4.77. The van der Waals surface area contributed by atoms with Gasteiger partial charge in [-0.25, -0.2) is 4.79 Å². The van der Waals surface area contributed by atoms with Crippen molar-refractivity contribution in [3.05, 3.63) is 21.9 Å². The van der Waals surface area contributed by atoms with Gasteiger partial charge in [0.1, 0.15) is 6.61 Å². The number of carbonyl (C=O) groups is 1. The van der Waals surface area contributed by atoms with Crippen LogP contribution in [0.15, 0.2) is 11.4 Å². The molecule has 2 N–H and O–H groups in total. The van der Waals surface area contributed by atoms with E-state index in [0.717, 1.165) is 10.4 Å². The molecule has 86 valence electrons. The van der Waals surface area contributed by atoms with Crippen molar-refractivity contribution in [3.8, 4) is 11.8 Å². The van der Waals surface area contributed by atoms with Gasteiger partial charge >= 0.3 is 6.03 Å². The van der Waals surface area contributed by atoms with Gasteiger partial charge in [-0.15, -0.1) is 11.3 Å². The van der Waals surface area contributed by atoms with E-state index in [1.165, 1.54) is 11.3 Å². The van der Waals surface area contributed by atoms with Gasteiger partial charge in [0.2, 0.25) is 0 Å². The number of nitrogens with zero attached hydrogens (tertiary/aromatic N) is 1. The highest BCUT2D eigenvalue weighted by molar-refractivity contribution is 7.10. The van der Waals surface area contributed by atoms with E-state index in [0.29, 0.717) is 6.54 Å². The van der Waals surface area contributed by atoms with Gasteiger partial charge in [-0.1, -0.05) is 11.8 Å². The Morgan fingerprint density at radius 1 is 1.69 bits per heavy atom. The van der Waals surface area contributed by atoms with Gasteiger partial charge in [0.05, 0.1) is 4.88 Å². The summed E-state index contributed by atoms with van der Waals surface area (Å²) in [5.74, 6) is 5.42. The van der Waals surface area contributed by atoms with E-state index in [9.17, 15) is 4.79 Å². The number of hydrogen-bond donors (Lipinski definition) is 2. The molecule has 1 heterocycles. The molecule has 1 aromatic heterocycles. The van der Waals surface area contributed by atoms with Crippen LogP contribution < -0.4 is 5.32 Å². The Balaban J connectivity index is 2.61. The summed E-state index contributed by atoms with van der Waals surface area (Å²) in [6, 6.07) is 1.81. The first kappa shape index (κ1) is 12.6. The third kappa shape index (κ3) is 3.57. The molecule has 0 aliphatic carbocycles. The summed E-state index contributed by atoms with van der Waals surface area (Å²) in [6.07, 6.45) is 0. The van der Waals surface area contributed by atoms with Crippen molar-refractivity contribution in [1.82, 2.24) is 10.2 Å². The lowest BCUT2D eigenvalue weighted by atomic mass is 10.3. The fourth-order valence-corrected chi connectivity index (χ4v) is 1.96. The number of aliphatic hydroxyl groups excluding tert-OH is 1. The average molecular weight is 238 g/mol. The van der Waals surface area contributed by atoms with Crippen molar-refractivity contribution < 1.29 is 9.90 Å². The van der Waals surface area contributed by atoms with E-state index in [1.807, 2.05) is 11.4 Å². The molecule has 0 saturated heterocycles. The topological polar surface area (TPSA) is 52.6 Å². The van der Waals surface area contributed by atoms with Gasteiger partial charge in [0, 0.05) is 20.6 Å². The molecule has 0 aliphatic rings. The van der Waals surface area contributed by atoms with Gasteiger partial charge in [-0.05, 0) is 17.0 Å². The molecule has 5 heteroatoms. The van der Waals surface area contributed by atoms with Crippen molar-refractivity contribution in [2.75, 3.05) is 20.7 Å². The summed E-state index contributed by atoms with van der Waals surface area (Å²) in [4.78, 5) is 13.7. The molecule has 0 unspecified atom stereocenters. The monoisotopic (exact) mass is 238 g/mol. The predicted molar refractivity (Wildman–Crippen MR) is 64.2 cm³/mol. The number of carbonyl (C=O) groups excluding carboxylic acids is 1. The summed E-state index contributed by atoms with van der Waals surface area (Å²) in [5.41, 5.74) is 1.04. The van der Waals surface area contributed by atoms with Crippen LogP contribution in [0.4, 0.5) is 4.79 Å². The number of nitrogens with one attached hydrogen (secondary N) is 1. The molecule has 0 spiro atoms. The minimum atomic E-state index is -0.134. The molecule has 1 aromatic rings. The number of thiophene rings is 1. The lowest BCUT2D eigenvalue weighted by Gasteiger charge is -2.15. The molecule has 4 nitrogen and oxygen atoms in total. The summed E-state index contributed by atoms with van der Waals surface area (Å²) >= 11 is 1.51. The van der Waals surface area contributed by atoms with Crippen LogP contribution in [0.25, 0.3) is 0 Å². The van der Waals surface area contributed by atoms with Crippen molar-refractivity contribution in [2.24, 2.45) is 0 Å². The second-order valence-electron chi connectivity index (χ2n) is 3.19. The minimum Gasteiger partial charge on any atom is -0.384 e. The zero-order chi connectivity index (χ0) is 12.0. The van der Waals surface area contributed by atoms with E-state index in [4.69, 9.17) is 5.11 Å². The fraction of sp³-hybridized carbons (Fsp3) is 0.364. The summed E-state index contributed by atoms with van der Waals surface area (Å²) in [7, 11) is 3.33. The second kappa shape index (κ2) is 6.16. The summed E-state index contributed by atoms with van der Waals surface area (Å²) < 4.78 is 0. The molecule has 0 atom stereocenters. The van der Waals surface area contributed by atoms with Crippen LogP contribution in [0.2, 0.25) is 0 Å². The standard InChI is InChI=1S/C11H14N2O2S/c1-12-11(15)13(2)7-9-6-10(16-8-9)4-3-5-14/h6,8,14H,5,7H2,1-2H3,(H,12,15). The Hall–Kier alpha value is -1.51. The highest BCUT2D eigenvalue weighted by Gasteiger charge is 2.07. The number of rotatable bonds is 2. The van der Waals surface area contributed by atoms with Crippen LogP contribution in [0.1, 0.15) is 10.4 Å². The average Bonchev–Trinajstić information content (AvgIpc) is 2.72. The molecular weight excluding hydrogens is 224 g/mol. The Bertz CT molecular complexity index is 417. The highest BCUT2D eigenvalue weighted by atomic mass is 32.1. The lowest BCUT2D eigenvalue weighted by molar-refractivity contribution is 0.209. The quantitative estimate of drug-likeness (QED) is 0.751. The molecule has 2 amide bonds. The normalized spacial score (nSPS) is 9.19. The van der Waals surface area contributed by atoms with Gasteiger partial charge in [-0.3, -0.25) is 0 Å². The third-order valence-electron chi connectivity index (χ3n) is 1.92. The van der Waals surface area contributed by atoms with Crippen LogP contribution in [-0.4, -0.2) is 36.7 Å². The van der Waals surface area contributed by atoms with Crippen LogP contribution in [0, 0.1) is 11.8 Å². The van der Waals surface area contributed by atoms with Crippen molar-refractivity contribution in [2.45, 2.75) is 6.54 Å². The maximum absolute atomic E-state index is 11.3. The van der Waals surface area contributed by atoms with E-state index in [-0.39, 0.29) is 12.6 Å². The largest absolute Gasteiger partial charge is 0.384 e. The SMILES string of the molecule is CNC(=O)N(C)Cc1csc(C#CCO)c1. The molecule has 0 bridgehead atoms. The highest BCUT2D eigenvalue weighted by Crippen LogP contribution is 2.14. The van der Waals surface area contributed by atoms with E-state index in [1.54, 1.807) is 19.0 Å². The van der Waals surface area contributed by atoms with E-state index >= 15 is 0 Å². The first-order valence-corrected chi connectivity index (χ1v) is 5.65. The van der Waals surface area contributed by atoms with Crippen LogP contribution in [0.3, 0.4) is 0 Å². The zero-order valence-electron chi connectivity index (χ0n) is 9.28. The lowest BCUT2D eigenvalue weighted by Crippen LogP contribution is -2.34. The molecule has 0 aliphatic heterocycles. The maximum atomic E-state index is 11.3. The Labute approximate surface area is 98.9 Å². The van der Waals surface area contributed by atoms with E-state index < -0.39 is 0 Å². The molecular formula is C11H14N2O2S. The van der Waals surface area contributed by atoms with Crippen molar-refractivity contribution >= 4 is 17.4 Å². The predicted octanol–water partition coefficient (Wildman–Crippen LogP) is 0.863. The summed E-state index contributed by atoms with van der Waals surface area (Å²) in [6.45, 7) is 0.419. The number of amides is 2. The molecule has 0 saturated carbocycles. The van der Waals surface area contributed by atoms with Gasteiger partial charge in [-0.2, -0.15) is 0 Å². The van der Waals surface area contributed by atoms with Crippen LogP contribution >= 0.6 is 11.3 Å². The smallest absolute Gasteiger partial charge is 0.317 e. The molecule has 0 radical (unpaired) electrons. The fourth-order valence-electron chi connectivity index (χ4n) is 1.19. The Morgan fingerprint density at radius 3 is 3.06 bits per heavy atom. The van der Waals surface area contributed by atoms with Gasteiger partial charge in [0.25, 0.3) is 0 Å². The van der Waals surface area contributed by atoms with Crippen molar-refractivity contribution in [3.63, 3.8) is 0 Å². The van der Waals surface area contributed by atoms with Crippen LogP contribution in [0.5, 0.6) is 0 Å². The Morgan fingerprint density at radius 2 is 2.44 bits per heavy atom. The first-order chi connectivity index (χ1) is 7.67. The van der Waals surface area contributed by atoms with Crippen molar-refractivity contribution in [1.29, 1.82) is 0 Å². The molecule has 16 heavy (non-hydrogen) atoms. The van der Waals surface area contributed by atoms with E-state index in [2.05, 4.69) is 17.2 Å². The number of urea groups is 1. The molecule has 0 fully saturated rings. The van der Waals surface area contributed by atoms with Crippen LogP contribution in [-0.2, 0) is 6.54 Å². The maximum Gasteiger partial charge on any atom is 0.317 e. The molecule has 0 aromatic carbocycles. The summed E-state index contributed by atoms with van der Waals surface area (Å²) in [5, 5.41) is 13.1. The molecule has 1 rings (SSSR count). The van der Waals surface area contributed by atoms with Gasteiger partial charge < -0.3 is 15.3 Å². The number of hydrogen-bond acceptors (Lipinski definition) is 3.